The fraction of sp³-hybridized carbons (Fsp3) is 0.227. The van der Waals surface area contributed by atoms with E-state index < -0.39 is 0 Å². The number of benzene rings is 2. The molecule has 0 spiro atoms. The van der Waals surface area contributed by atoms with E-state index in [9.17, 15) is 4.79 Å². The van der Waals surface area contributed by atoms with Gasteiger partial charge in [0.15, 0.2) is 0 Å². The number of nitrogens with zero attached hydrogens (tertiary/aromatic N) is 2. The number of carbonyl (C=O) groups excluding carboxylic acids is 1. The number of unbranched alkanes of at least 4 members (excludes halogenated alkanes) is 2. The van der Waals surface area contributed by atoms with Gasteiger partial charge in [-0.2, -0.15) is 5.10 Å². The Kier molecular flexibility index (Phi) is 7.78. The van der Waals surface area contributed by atoms with Crippen molar-refractivity contribution in [2.24, 2.45) is 5.10 Å². The summed E-state index contributed by atoms with van der Waals surface area (Å²) in [7, 11) is 0. The van der Waals surface area contributed by atoms with Crippen LogP contribution in [-0.2, 0) is 4.74 Å². The molecule has 0 atom stereocenters. The maximum Gasteiger partial charge on any atom is 0.338 e. The number of hydrazone groups is 1. The first-order chi connectivity index (χ1) is 14.2. The first kappa shape index (κ1) is 21.0. The van der Waals surface area contributed by atoms with E-state index in [1.807, 2.05) is 47.8 Å². The van der Waals surface area contributed by atoms with Gasteiger partial charge in [-0.1, -0.05) is 67.8 Å². The van der Waals surface area contributed by atoms with Crippen LogP contribution in [0.5, 0.6) is 0 Å². The molecule has 150 valence electrons. The van der Waals surface area contributed by atoms with Crippen LogP contribution in [0.2, 0.25) is 5.02 Å². The van der Waals surface area contributed by atoms with Crippen LogP contribution in [0, 0.1) is 0 Å². The van der Waals surface area contributed by atoms with Crippen LogP contribution in [0.3, 0.4) is 0 Å². The Balaban J connectivity index is 1.64. The van der Waals surface area contributed by atoms with Crippen molar-refractivity contribution in [2.75, 3.05) is 12.0 Å². The molecule has 0 amide bonds. The highest BCUT2D eigenvalue weighted by Crippen LogP contribution is 2.30. The summed E-state index contributed by atoms with van der Waals surface area (Å²) in [6.45, 7) is 2.54. The minimum atomic E-state index is -0.335. The van der Waals surface area contributed by atoms with Crippen LogP contribution in [-0.4, -0.2) is 23.8 Å². The van der Waals surface area contributed by atoms with E-state index in [2.05, 4.69) is 22.4 Å². The maximum atomic E-state index is 12.3. The van der Waals surface area contributed by atoms with Crippen molar-refractivity contribution in [3.8, 4) is 11.3 Å². The lowest BCUT2D eigenvalue weighted by Gasteiger charge is -2.06. The van der Waals surface area contributed by atoms with Crippen molar-refractivity contribution in [3.63, 3.8) is 0 Å². The molecule has 0 saturated heterocycles. The van der Waals surface area contributed by atoms with Crippen molar-refractivity contribution < 1.29 is 9.53 Å². The number of halogens is 1. The summed E-state index contributed by atoms with van der Waals surface area (Å²) in [6, 6.07) is 14.8. The molecule has 0 aliphatic carbocycles. The van der Waals surface area contributed by atoms with E-state index >= 15 is 0 Å². The average Bonchev–Trinajstić information content (AvgIpc) is 3.20. The molecule has 0 fully saturated rings. The van der Waals surface area contributed by atoms with Crippen LogP contribution in [0.4, 0.5) is 5.13 Å². The molecule has 0 aliphatic heterocycles. The molecule has 1 aromatic heterocycles. The van der Waals surface area contributed by atoms with Crippen LogP contribution in [0.15, 0.2) is 59.0 Å². The predicted octanol–water partition coefficient (Wildman–Crippen LogP) is 6.26. The molecular formula is C22H22ClN3O2S. The maximum absolute atomic E-state index is 12.3. The number of carbonyl (C=O) groups is 1. The quantitative estimate of drug-likeness (QED) is 0.189. The lowest BCUT2D eigenvalue weighted by Crippen LogP contribution is -2.09. The van der Waals surface area contributed by atoms with Gasteiger partial charge in [-0.15, -0.1) is 11.3 Å². The lowest BCUT2D eigenvalue weighted by molar-refractivity contribution is 0.0498. The normalized spacial score (nSPS) is 11.0. The van der Waals surface area contributed by atoms with E-state index in [0.717, 1.165) is 30.5 Å². The van der Waals surface area contributed by atoms with Crippen LogP contribution < -0.4 is 5.43 Å². The van der Waals surface area contributed by atoms with Crippen molar-refractivity contribution in [1.82, 2.24) is 4.98 Å². The number of thiazole rings is 1. The van der Waals surface area contributed by atoms with Gasteiger partial charge in [0.1, 0.15) is 0 Å². The van der Waals surface area contributed by atoms with Crippen LogP contribution >= 0.6 is 22.9 Å². The topological polar surface area (TPSA) is 63.6 Å². The molecule has 0 bridgehead atoms. The monoisotopic (exact) mass is 427 g/mol. The number of hydrogen-bond donors (Lipinski definition) is 1. The van der Waals surface area contributed by atoms with Crippen LogP contribution in [0.25, 0.3) is 11.3 Å². The molecule has 7 heteroatoms. The number of nitrogens with one attached hydrogen (secondary N) is 1. The second kappa shape index (κ2) is 10.7. The van der Waals surface area contributed by atoms with Gasteiger partial charge in [0.25, 0.3) is 0 Å². The number of ether oxygens (including phenoxy) is 1. The number of hydrogen-bond acceptors (Lipinski definition) is 6. The smallest absolute Gasteiger partial charge is 0.338 e. The summed E-state index contributed by atoms with van der Waals surface area (Å²) >= 11 is 7.65. The second-order valence-electron chi connectivity index (χ2n) is 6.32. The molecule has 5 nitrogen and oxygen atoms in total. The van der Waals surface area contributed by atoms with Gasteiger partial charge in [-0.05, 0) is 18.6 Å². The summed E-state index contributed by atoms with van der Waals surface area (Å²) in [5, 5.41) is 7.43. The lowest BCUT2D eigenvalue weighted by atomic mass is 10.1. The van der Waals surface area contributed by atoms with Gasteiger partial charge in [-0.25, -0.2) is 9.78 Å². The third-order valence-corrected chi connectivity index (χ3v) is 5.26. The van der Waals surface area contributed by atoms with Crippen molar-refractivity contribution >= 4 is 40.3 Å². The zero-order valence-electron chi connectivity index (χ0n) is 16.1. The molecule has 1 N–H and O–H groups in total. The van der Waals surface area contributed by atoms with Gasteiger partial charge < -0.3 is 4.74 Å². The molecule has 2 aromatic carbocycles. The van der Waals surface area contributed by atoms with E-state index in [0.29, 0.717) is 27.9 Å². The molecule has 3 rings (SSSR count). The number of esters is 1. The van der Waals surface area contributed by atoms with Crippen molar-refractivity contribution in [3.05, 3.63) is 70.1 Å². The minimum Gasteiger partial charge on any atom is -0.462 e. The zero-order valence-corrected chi connectivity index (χ0v) is 17.7. The summed E-state index contributed by atoms with van der Waals surface area (Å²) in [5.74, 6) is -0.335. The number of rotatable bonds is 9. The first-order valence-corrected chi connectivity index (χ1v) is 10.7. The molecule has 1 heterocycles. The molecule has 0 radical (unpaired) electrons. The Morgan fingerprint density at radius 2 is 2.00 bits per heavy atom. The highest BCUT2D eigenvalue weighted by molar-refractivity contribution is 7.14. The summed E-state index contributed by atoms with van der Waals surface area (Å²) in [4.78, 5) is 16.8. The fourth-order valence-electron chi connectivity index (χ4n) is 2.66. The van der Waals surface area contributed by atoms with E-state index in [1.54, 1.807) is 12.3 Å². The van der Waals surface area contributed by atoms with E-state index in [-0.39, 0.29) is 5.97 Å². The summed E-state index contributed by atoms with van der Waals surface area (Å²) in [5.41, 5.74) is 5.75. The second-order valence-corrected chi connectivity index (χ2v) is 7.58. The molecule has 0 saturated carbocycles. The predicted molar refractivity (Wildman–Crippen MR) is 120 cm³/mol. The summed E-state index contributed by atoms with van der Waals surface area (Å²) in [6.07, 6.45) is 4.60. The van der Waals surface area contributed by atoms with Gasteiger partial charge in [0.2, 0.25) is 5.13 Å². The van der Waals surface area contributed by atoms with Crippen LogP contribution in [0.1, 0.15) is 42.1 Å². The molecule has 0 aliphatic rings. The average molecular weight is 428 g/mol. The van der Waals surface area contributed by atoms with E-state index in [4.69, 9.17) is 16.3 Å². The molecular weight excluding hydrogens is 406 g/mol. The van der Waals surface area contributed by atoms with Gasteiger partial charge in [0.05, 0.1) is 24.1 Å². The highest BCUT2D eigenvalue weighted by atomic mass is 35.5. The van der Waals surface area contributed by atoms with Gasteiger partial charge >= 0.3 is 5.97 Å². The van der Waals surface area contributed by atoms with E-state index in [1.165, 1.54) is 11.3 Å². The third kappa shape index (κ3) is 5.89. The molecule has 29 heavy (non-hydrogen) atoms. The van der Waals surface area contributed by atoms with Gasteiger partial charge in [0, 0.05) is 21.5 Å². The Morgan fingerprint density at radius 1 is 1.21 bits per heavy atom. The Hall–Kier alpha value is -2.70. The van der Waals surface area contributed by atoms with Crippen molar-refractivity contribution in [1.29, 1.82) is 0 Å². The standard InChI is InChI=1S/C22H22ClN3O2S/c1-2-3-8-13-28-21(27)17-10-5-4-9-16(17)14-24-26-22-25-20(15-29-22)18-11-6-7-12-19(18)23/h4-7,9-12,14-15H,2-3,8,13H2,1H3,(H,25,26)/b24-14+. The largest absolute Gasteiger partial charge is 0.462 e. The van der Waals surface area contributed by atoms with Gasteiger partial charge in [-0.3, -0.25) is 5.43 Å². The molecule has 0 unspecified atom stereocenters. The van der Waals surface area contributed by atoms with Crippen molar-refractivity contribution in [2.45, 2.75) is 26.2 Å². The highest BCUT2D eigenvalue weighted by Gasteiger charge is 2.11. The first-order valence-electron chi connectivity index (χ1n) is 9.44. The minimum absolute atomic E-state index is 0.335. The summed E-state index contributed by atoms with van der Waals surface area (Å²) < 4.78 is 5.36. The Bertz CT molecular complexity index is 987. The molecule has 3 aromatic rings. The number of anilines is 1. The fourth-order valence-corrected chi connectivity index (χ4v) is 3.56. The Labute approximate surface area is 179 Å². The third-order valence-electron chi connectivity index (χ3n) is 4.18. The SMILES string of the molecule is CCCCCOC(=O)c1ccccc1/C=N/Nc1nc(-c2ccccc2Cl)cs1. The number of aromatic nitrogens is 1. The Morgan fingerprint density at radius 3 is 2.83 bits per heavy atom. The zero-order chi connectivity index (χ0) is 20.5.